The molecule has 2 rings (SSSR count). The predicted molar refractivity (Wildman–Crippen MR) is 55.6 cm³/mol. The zero-order valence-corrected chi connectivity index (χ0v) is 9.16. The molecule has 1 aliphatic rings. The molecule has 5 heteroatoms. The average Bonchev–Trinajstić information content (AvgIpc) is 2.59. The van der Waals surface area contributed by atoms with Crippen molar-refractivity contribution in [2.24, 2.45) is 0 Å². The van der Waals surface area contributed by atoms with Crippen LogP contribution in [0.25, 0.3) is 0 Å². The van der Waals surface area contributed by atoms with Gasteiger partial charge in [0.1, 0.15) is 5.82 Å². The van der Waals surface area contributed by atoms with E-state index in [4.69, 9.17) is 0 Å². The number of hydrogen-bond donors (Lipinski definition) is 1. The Bertz CT molecular complexity index is 369. The molecule has 1 aromatic rings. The second kappa shape index (κ2) is 4.00. The van der Waals surface area contributed by atoms with Crippen molar-refractivity contribution in [3.8, 4) is 0 Å². The van der Waals surface area contributed by atoms with Crippen molar-refractivity contribution in [3.63, 3.8) is 0 Å². The molecule has 0 unspecified atom stereocenters. The number of rotatable bonds is 2. The summed E-state index contributed by atoms with van der Waals surface area (Å²) in [6, 6.07) is 0.133. The molecule has 0 aliphatic carbocycles. The van der Waals surface area contributed by atoms with Gasteiger partial charge < -0.3 is 9.88 Å². The number of amides is 1. The maximum absolute atomic E-state index is 11.8. The monoisotopic (exact) mass is 208 g/mol. The van der Waals surface area contributed by atoms with Crippen LogP contribution in [0, 0.1) is 0 Å². The Morgan fingerprint density at radius 1 is 1.40 bits per heavy atom. The van der Waals surface area contributed by atoms with Gasteiger partial charge in [-0.05, 0) is 26.7 Å². The van der Waals surface area contributed by atoms with Gasteiger partial charge in [-0.25, -0.2) is 0 Å². The Kier molecular flexibility index (Phi) is 2.70. The zero-order valence-electron chi connectivity index (χ0n) is 9.16. The molecule has 5 nitrogen and oxygen atoms in total. The van der Waals surface area contributed by atoms with Gasteiger partial charge in [-0.1, -0.05) is 0 Å². The van der Waals surface area contributed by atoms with Gasteiger partial charge in [-0.2, -0.15) is 0 Å². The van der Waals surface area contributed by atoms with Gasteiger partial charge in [-0.15, -0.1) is 10.2 Å². The third-order valence-electron chi connectivity index (χ3n) is 2.48. The standard InChI is InChI=1S/C10H16N4O/c1-7(2)11-10(15)9-13-12-8-5-3-4-6-14(8)9/h7H,3-6H2,1-2H3,(H,11,15). The van der Waals surface area contributed by atoms with Gasteiger partial charge in [0.05, 0.1) is 0 Å². The SMILES string of the molecule is CC(C)NC(=O)c1nnc2n1CCCC2. The molecular formula is C10H16N4O. The second-order valence-corrected chi connectivity index (χ2v) is 4.18. The molecule has 1 aromatic heterocycles. The minimum Gasteiger partial charge on any atom is -0.347 e. The lowest BCUT2D eigenvalue weighted by Crippen LogP contribution is -2.33. The molecule has 2 heterocycles. The number of aromatic nitrogens is 3. The maximum Gasteiger partial charge on any atom is 0.289 e. The van der Waals surface area contributed by atoms with Crippen molar-refractivity contribution in [2.45, 2.75) is 45.7 Å². The van der Waals surface area contributed by atoms with Crippen LogP contribution >= 0.6 is 0 Å². The number of nitrogens with one attached hydrogen (secondary N) is 1. The zero-order chi connectivity index (χ0) is 10.8. The van der Waals surface area contributed by atoms with Crippen LogP contribution in [0.15, 0.2) is 0 Å². The van der Waals surface area contributed by atoms with Crippen LogP contribution in [0.2, 0.25) is 0 Å². The van der Waals surface area contributed by atoms with Gasteiger partial charge in [0, 0.05) is 19.0 Å². The van der Waals surface area contributed by atoms with Gasteiger partial charge in [0.2, 0.25) is 5.82 Å². The van der Waals surface area contributed by atoms with Gasteiger partial charge in [0.15, 0.2) is 0 Å². The van der Waals surface area contributed by atoms with Gasteiger partial charge in [-0.3, -0.25) is 4.79 Å². The van der Waals surface area contributed by atoms with Gasteiger partial charge in [0.25, 0.3) is 5.91 Å². The van der Waals surface area contributed by atoms with E-state index in [1.165, 1.54) is 0 Å². The van der Waals surface area contributed by atoms with E-state index in [0.29, 0.717) is 5.82 Å². The van der Waals surface area contributed by atoms with E-state index in [-0.39, 0.29) is 11.9 Å². The normalized spacial score (nSPS) is 15.1. The first-order valence-electron chi connectivity index (χ1n) is 5.41. The Hall–Kier alpha value is -1.39. The molecule has 15 heavy (non-hydrogen) atoms. The van der Waals surface area contributed by atoms with Crippen LogP contribution in [0.3, 0.4) is 0 Å². The summed E-state index contributed by atoms with van der Waals surface area (Å²) in [5.41, 5.74) is 0. The Balaban J connectivity index is 2.21. The molecule has 0 radical (unpaired) electrons. The van der Waals surface area contributed by atoms with E-state index in [1.54, 1.807) is 0 Å². The van der Waals surface area contributed by atoms with Crippen LogP contribution in [-0.4, -0.2) is 26.7 Å². The fourth-order valence-corrected chi connectivity index (χ4v) is 1.80. The van der Waals surface area contributed by atoms with Crippen LogP contribution in [-0.2, 0) is 13.0 Å². The lowest BCUT2D eigenvalue weighted by molar-refractivity contribution is 0.0927. The predicted octanol–water partition coefficient (Wildman–Crippen LogP) is 0.753. The Morgan fingerprint density at radius 2 is 2.20 bits per heavy atom. The Morgan fingerprint density at radius 3 is 2.93 bits per heavy atom. The van der Waals surface area contributed by atoms with E-state index in [9.17, 15) is 4.79 Å². The molecular weight excluding hydrogens is 192 g/mol. The van der Waals surface area contributed by atoms with Crippen LogP contribution < -0.4 is 5.32 Å². The first-order chi connectivity index (χ1) is 7.18. The summed E-state index contributed by atoms with van der Waals surface area (Å²) >= 11 is 0. The first-order valence-corrected chi connectivity index (χ1v) is 5.41. The number of fused-ring (bicyclic) bond motifs is 1. The molecule has 0 bridgehead atoms. The number of aryl methyl sites for hydroxylation is 1. The molecule has 1 aliphatic heterocycles. The van der Waals surface area contributed by atoms with Crippen LogP contribution in [0.5, 0.6) is 0 Å². The number of carbonyl (C=O) groups is 1. The second-order valence-electron chi connectivity index (χ2n) is 4.18. The Labute approximate surface area is 88.9 Å². The van der Waals surface area contributed by atoms with Crippen molar-refractivity contribution < 1.29 is 4.79 Å². The largest absolute Gasteiger partial charge is 0.347 e. The lowest BCUT2D eigenvalue weighted by Gasteiger charge is -2.15. The third kappa shape index (κ3) is 2.00. The molecule has 0 atom stereocenters. The van der Waals surface area contributed by atoms with Crippen molar-refractivity contribution >= 4 is 5.91 Å². The van der Waals surface area contributed by atoms with Crippen LogP contribution in [0.1, 0.15) is 43.1 Å². The van der Waals surface area contributed by atoms with Crippen molar-refractivity contribution in [1.82, 2.24) is 20.1 Å². The highest BCUT2D eigenvalue weighted by Crippen LogP contribution is 2.13. The smallest absolute Gasteiger partial charge is 0.289 e. The fourth-order valence-electron chi connectivity index (χ4n) is 1.80. The number of nitrogens with zero attached hydrogens (tertiary/aromatic N) is 3. The minimum atomic E-state index is -0.120. The molecule has 0 aromatic carbocycles. The summed E-state index contributed by atoms with van der Waals surface area (Å²) in [6.07, 6.45) is 3.18. The molecule has 82 valence electrons. The maximum atomic E-state index is 11.8. The molecule has 1 N–H and O–H groups in total. The summed E-state index contributed by atoms with van der Waals surface area (Å²) in [6.45, 7) is 4.74. The summed E-state index contributed by atoms with van der Waals surface area (Å²) < 4.78 is 1.93. The summed E-state index contributed by atoms with van der Waals surface area (Å²) in [7, 11) is 0. The minimum absolute atomic E-state index is 0.120. The number of carbonyl (C=O) groups excluding carboxylic acids is 1. The fraction of sp³-hybridized carbons (Fsp3) is 0.700. The first kappa shape index (κ1) is 10.1. The summed E-state index contributed by atoms with van der Waals surface area (Å²) in [4.78, 5) is 11.8. The van der Waals surface area contributed by atoms with Crippen LogP contribution in [0.4, 0.5) is 0 Å². The van der Waals surface area contributed by atoms with E-state index in [2.05, 4.69) is 15.5 Å². The van der Waals surface area contributed by atoms with Gasteiger partial charge >= 0.3 is 0 Å². The van der Waals surface area contributed by atoms with Crippen molar-refractivity contribution in [3.05, 3.63) is 11.6 Å². The molecule has 0 spiro atoms. The van der Waals surface area contributed by atoms with Crippen molar-refractivity contribution in [1.29, 1.82) is 0 Å². The summed E-state index contributed by atoms with van der Waals surface area (Å²) in [5.74, 6) is 1.28. The van der Waals surface area contributed by atoms with E-state index < -0.39 is 0 Å². The highest BCUT2D eigenvalue weighted by molar-refractivity contribution is 5.90. The quantitative estimate of drug-likeness (QED) is 0.780. The number of hydrogen-bond acceptors (Lipinski definition) is 3. The lowest BCUT2D eigenvalue weighted by atomic mass is 10.1. The third-order valence-corrected chi connectivity index (χ3v) is 2.48. The van der Waals surface area contributed by atoms with E-state index in [0.717, 1.165) is 31.6 Å². The highest BCUT2D eigenvalue weighted by Gasteiger charge is 2.20. The average molecular weight is 208 g/mol. The van der Waals surface area contributed by atoms with E-state index in [1.807, 2.05) is 18.4 Å². The molecule has 0 saturated carbocycles. The highest BCUT2D eigenvalue weighted by atomic mass is 16.2. The molecule has 1 amide bonds. The van der Waals surface area contributed by atoms with Crippen molar-refractivity contribution in [2.75, 3.05) is 0 Å². The molecule has 0 saturated heterocycles. The topological polar surface area (TPSA) is 59.8 Å². The van der Waals surface area contributed by atoms with E-state index >= 15 is 0 Å². The summed E-state index contributed by atoms with van der Waals surface area (Å²) in [5, 5.41) is 10.8. The molecule has 0 fully saturated rings.